The van der Waals surface area contributed by atoms with E-state index in [0.717, 1.165) is 34.2 Å². The third-order valence-electron chi connectivity index (χ3n) is 8.40. The van der Waals surface area contributed by atoms with Gasteiger partial charge in [-0.1, -0.05) is 54.6 Å². The molecule has 39 heavy (non-hydrogen) atoms. The number of carbonyl (C=O) groups excluding carboxylic acids is 2. The summed E-state index contributed by atoms with van der Waals surface area (Å²) in [6.07, 6.45) is 2.63. The van der Waals surface area contributed by atoms with Crippen molar-refractivity contribution in [3.8, 4) is 17.2 Å². The molecule has 0 spiro atoms. The summed E-state index contributed by atoms with van der Waals surface area (Å²) in [5.74, 6) is -0.863. The summed E-state index contributed by atoms with van der Waals surface area (Å²) < 4.78 is 0. The second-order valence-electron chi connectivity index (χ2n) is 10.9. The lowest BCUT2D eigenvalue weighted by molar-refractivity contribution is -0.136. The molecule has 2 atom stereocenters. The van der Waals surface area contributed by atoms with E-state index in [1.165, 1.54) is 5.56 Å². The smallest absolute Gasteiger partial charge is 0.335 e. The summed E-state index contributed by atoms with van der Waals surface area (Å²) in [4.78, 5) is 39.6. The molecule has 3 aromatic carbocycles. The second-order valence-corrected chi connectivity index (χ2v) is 10.9. The maximum absolute atomic E-state index is 13.2. The monoisotopic (exact) mass is 519 g/mol. The van der Waals surface area contributed by atoms with Gasteiger partial charge in [0.05, 0.1) is 11.6 Å². The van der Waals surface area contributed by atoms with Crippen molar-refractivity contribution in [3.05, 3.63) is 94.5 Å². The highest BCUT2D eigenvalue weighted by Gasteiger charge is 2.53. The number of nitrogens with one attached hydrogen (secondary N) is 1. The van der Waals surface area contributed by atoms with E-state index in [0.29, 0.717) is 38.9 Å². The summed E-state index contributed by atoms with van der Waals surface area (Å²) in [5, 5.41) is 22.2. The minimum atomic E-state index is -0.984. The van der Waals surface area contributed by atoms with Crippen molar-refractivity contribution in [2.45, 2.75) is 44.7 Å². The van der Waals surface area contributed by atoms with Crippen molar-refractivity contribution in [2.24, 2.45) is 11.3 Å². The normalized spacial score (nSPS) is 20.3. The minimum absolute atomic E-state index is 0.0287. The molecule has 7 nitrogen and oxygen atoms in total. The first-order valence-electron chi connectivity index (χ1n) is 13.4. The second kappa shape index (κ2) is 9.70. The molecular formula is C32H29N3O4. The lowest BCUT2D eigenvalue weighted by Gasteiger charge is -2.33. The van der Waals surface area contributed by atoms with E-state index >= 15 is 0 Å². The van der Waals surface area contributed by atoms with Crippen LogP contribution >= 0.6 is 0 Å². The molecule has 7 heteroatoms. The highest BCUT2D eigenvalue weighted by atomic mass is 16.4. The molecule has 0 aromatic heterocycles. The lowest BCUT2D eigenvalue weighted by atomic mass is 9.86. The van der Waals surface area contributed by atoms with Gasteiger partial charge in [0.1, 0.15) is 5.41 Å². The molecule has 2 saturated carbocycles. The fourth-order valence-corrected chi connectivity index (χ4v) is 5.84. The van der Waals surface area contributed by atoms with Crippen molar-refractivity contribution >= 4 is 17.8 Å². The molecule has 0 unspecified atom stereocenters. The van der Waals surface area contributed by atoms with Gasteiger partial charge in [-0.3, -0.25) is 9.59 Å². The van der Waals surface area contributed by atoms with Crippen LogP contribution in [0.25, 0.3) is 11.1 Å². The van der Waals surface area contributed by atoms with Crippen LogP contribution in [0.1, 0.15) is 57.8 Å². The number of hydrogen-bond donors (Lipinski definition) is 2. The maximum atomic E-state index is 13.2. The van der Waals surface area contributed by atoms with Crippen molar-refractivity contribution < 1.29 is 19.5 Å². The number of hydrogen-bond acceptors (Lipinski definition) is 4. The Bertz CT molecular complexity index is 1520. The predicted molar refractivity (Wildman–Crippen MR) is 144 cm³/mol. The largest absolute Gasteiger partial charge is 0.478 e. The summed E-state index contributed by atoms with van der Waals surface area (Å²) in [6.45, 7) is 1.21. The third-order valence-corrected chi connectivity index (χ3v) is 8.40. The number of fused-ring (bicyclic) bond motifs is 1. The van der Waals surface area contributed by atoms with Gasteiger partial charge in [0.25, 0.3) is 0 Å². The first kappa shape index (κ1) is 24.9. The summed E-state index contributed by atoms with van der Waals surface area (Å²) in [7, 11) is 0. The summed E-state index contributed by atoms with van der Waals surface area (Å²) in [5.41, 5.74) is 5.21. The SMILES string of the molecule is N#CC1(C(=O)N2CCc3c(-c4cccc(C(=O)O)c4)ccc(CNC(=O)[C@H]4C[C@H]4c4ccccc4)c3C2)CC1. The van der Waals surface area contributed by atoms with E-state index in [1.807, 2.05) is 36.4 Å². The van der Waals surface area contributed by atoms with E-state index in [1.54, 1.807) is 23.1 Å². The zero-order chi connectivity index (χ0) is 27.1. The zero-order valence-corrected chi connectivity index (χ0v) is 21.5. The molecule has 196 valence electrons. The van der Waals surface area contributed by atoms with Crippen molar-refractivity contribution in [1.29, 1.82) is 5.26 Å². The van der Waals surface area contributed by atoms with Crippen LogP contribution in [0.2, 0.25) is 0 Å². The van der Waals surface area contributed by atoms with Gasteiger partial charge in [0.2, 0.25) is 11.8 Å². The molecule has 0 saturated heterocycles. The number of nitrogens with zero attached hydrogens (tertiary/aromatic N) is 2. The Morgan fingerprint density at radius 2 is 1.82 bits per heavy atom. The van der Waals surface area contributed by atoms with Crippen LogP contribution < -0.4 is 5.32 Å². The van der Waals surface area contributed by atoms with Gasteiger partial charge in [-0.05, 0) is 77.1 Å². The average molecular weight is 520 g/mol. The van der Waals surface area contributed by atoms with Crippen molar-refractivity contribution in [3.63, 3.8) is 0 Å². The molecule has 2 aliphatic carbocycles. The molecule has 2 amide bonds. The summed E-state index contributed by atoms with van der Waals surface area (Å²) in [6, 6.07) is 23.1. The Hall–Kier alpha value is -4.44. The fraction of sp³-hybridized carbons (Fsp3) is 0.312. The van der Waals surface area contributed by atoms with Crippen molar-refractivity contribution in [2.75, 3.05) is 6.54 Å². The quantitative estimate of drug-likeness (QED) is 0.472. The molecule has 0 bridgehead atoms. The number of amides is 2. The number of rotatable bonds is 7. The van der Waals surface area contributed by atoms with Crippen LogP contribution in [0.5, 0.6) is 0 Å². The van der Waals surface area contributed by atoms with Crippen LogP contribution in [-0.4, -0.2) is 34.3 Å². The molecule has 3 aliphatic rings. The molecule has 1 heterocycles. The molecule has 1 aliphatic heterocycles. The molecular weight excluding hydrogens is 490 g/mol. The van der Waals surface area contributed by atoms with Crippen molar-refractivity contribution in [1.82, 2.24) is 10.2 Å². The average Bonchev–Trinajstić information content (AvgIpc) is 3.90. The highest BCUT2D eigenvalue weighted by molar-refractivity contribution is 5.90. The first-order chi connectivity index (χ1) is 18.9. The molecule has 2 fully saturated rings. The van der Waals surface area contributed by atoms with Gasteiger partial charge in [-0.25, -0.2) is 4.79 Å². The van der Waals surface area contributed by atoms with Gasteiger partial charge in [-0.2, -0.15) is 5.26 Å². The van der Waals surface area contributed by atoms with Gasteiger partial charge in [0.15, 0.2) is 0 Å². The number of carbonyl (C=O) groups is 3. The Kier molecular flexibility index (Phi) is 6.19. The zero-order valence-electron chi connectivity index (χ0n) is 21.5. The fourth-order valence-electron chi connectivity index (χ4n) is 5.84. The molecule has 3 aromatic rings. The Morgan fingerprint density at radius 3 is 2.54 bits per heavy atom. The van der Waals surface area contributed by atoms with Crippen LogP contribution in [0.15, 0.2) is 66.7 Å². The highest BCUT2D eigenvalue weighted by Crippen LogP contribution is 2.48. The Labute approximate surface area is 227 Å². The van der Waals surface area contributed by atoms with E-state index in [-0.39, 0.29) is 29.2 Å². The number of nitriles is 1. The van der Waals surface area contributed by atoms with Crippen LogP contribution in [0.4, 0.5) is 0 Å². The number of benzene rings is 3. The topological polar surface area (TPSA) is 110 Å². The standard InChI is InChI=1S/C32H29N3O4/c33-19-32(12-13-32)31(39)35-14-11-25-24(21-7-4-8-22(15-21)30(37)38)10-9-23(28(25)18-35)17-34-29(36)27-16-26(27)20-5-2-1-3-6-20/h1-10,15,26-27H,11-14,16-18H2,(H,34,36)(H,37,38)/t26-,27-/m0/s1. The number of carboxylic acids is 1. The molecule has 2 N–H and O–H groups in total. The summed E-state index contributed by atoms with van der Waals surface area (Å²) >= 11 is 0. The maximum Gasteiger partial charge on any atom is 0.335 e. The van der Waals surface area contributed by atoms with Gasteiger partial charge >= 0.3 is 5.97 Å². The first-order valence-corrected chi connectivity index (χ1v) is 13.4. The molecule has 0 radical (unpaired) electrons. The van der Waals surface area contributed by atoms with Gasteiger partial charge < -0.3 is 15.3 Å². The lowest BCUT2D eigenvalue weighted by Crippen LogP contribution is -2.41. The van der Waals surface area contributed by atoms with E-state index < -0.39 is 11.4 Å². The number of aromatic carboxylic acids is 1. The number of carboxylic acid groups (broad SMARTS) is 1. The van der Waals surface area contributed by atoms with Gasteiger partial charge in [0, 0.05) is 25.6 Å². The molecule has 6 rings (SSSR count). The van der Waals surface area contributed by atoms with Crippen LogP contribution in [-0.2, 0) is 29.1 Å². The Balaban J connectivity index is 1.27. The minimum Gasteiger partial charge on any atom is -0.478 e. The van der Waals surface area contributed by atoms with Crippen LogP contribution in [0.3, 0.4) is 0 Å². The van der Waals surface area contributed by atoms with Crippen LogP contribution in [0, 0.1) is 22.7 Å². The van der Waals surface area contributed by atoms with E-state index in [4.69, 9.17) is 0 Å². The third kappa shape index (κ3) is 4.67. The predicted octanol–water partition coefficient (Wildman–Crippen LogP) is 4.66. The van der Waals surface area contributed by atoms with E-state index in [2.05, 4.69) is 23.5 Å². The Morgan fingerprint density at radius 1 is 1.03 bits per heavy atom. The van der Waals surface area contributed by atoms with Gasteiger partial charge in [-0.15, -0.1) is 0 Å². The van der Waals surface area contributed by atoms with E-state index in [9.17, 15) is 24.8 Å².